The summed E-state index contributed by atoms with van der Waals surface area (Å²) in [6, 6.07) is 3.24. The molecular weight excluding hydrogens is 284 g/mol. The van der Waals surface area contributed by atoms with Gasteiger partial charge >= 0.3 is 5.97 Å². The van der Waals surface area contributed by atoms with E-state index in [1.807, 2.05) is 6.07 Å². The van der Waals surface area contributed by atoms with Crippen LogP contribution in [-0.2, 0) is 0 Å². The molecule has 0 aromatic carbocycles. The Labute approximate surface area is 127 Å². The molecule has 3 N–H and O–H groups in total. The van der Waals surface area contributed by atoms with Crippen molar-refractivity contribution in [3.63, 3.8) is 0 Å². The topological polar surface area (TPSA) is 103 Å². The second-order valence-corrected chi connectivity index (χ2v) is 5.65. The highest BCUT2D eigenvalue weighted by Gasteiger charge is 2.20. The van der Waals surface area contributed by atoms with Crippen molar-refractivity contribution in [2.24, 2.45) is 0 Å². The van der Waals surface area contributed by atoms with Gasteiger partial charge in [-0.15, -0.1) is 0 Å². The third-order valence-electron chi connectivity index (χ3n) is 4.21. The van der Waals surface area contributed by atoms with Gasteiger partial charge in [-0.3, -0.25) is 4.79 Å². The third-order valence-corrected chi connectivity index (χ3v) is 4.21. The minimum Gasteiger partial charge on any atom is -0.476 e. The SMILES string of the molecule is Nn1c(C2CCCCC2)cc(-n2cnc(C(=O)O)c2)cc1=O. The Kier molecular flexibility index (Phi) is 3.70. The maximum Gasteiger partial charge on any atom is 0.356 e. The summed E-state index contributed by atoms with van der Waals surface area (Å²) < 4.78 is 2.74. The van der Waals surface area contributed by atoms with E-state index in [4.69, 9.17) is 10.9 Å². The van der Waals surface area contributed by atoms with E-state index in [1.165, 1.54) is 34.3 Å². The lowest BCUT2D eigenvalue weighted by Gasteiger charge is -2.24. The highest BCUT2D eigenvalue weighted by molar-refractivity contribution is 5.85. The Balaban J connectivity index is 2.03. The summed E-state index contributed by atoms with van der Waals surface area (Å²) in [4.78, 5) is 26.8. The first-order valence-electron chi connectivity index (χ1n) is 7.36. The van der Waals surface area contributed by atoms with Gasteiger partial charge in [-0.05, 0) is 18.9 Å². The summed E-state index contributed by atoms with van der Waals surface area (Å²) >= 11 is 0. The maximum atomic E-state index is 12.1. The first-order valence-corrected chi connectivity index (χ1v) is 7.36. The van der Waals surface area contributed by atoms with E-state index in [-0.39, 0.29) is 17.2 Å². The molecule has 1 aliphatic rings. The van der Waals surface area contributed by atoms with Gasteiger partial charge in [-0.25, -0.2) is 14.5 Å². The van der Waals surface area contributed by atoms with Gasteiger partial charge in [0.1, 0.15) is 6.33 Å². The minimum atomic E-state index is -1.10. The molecule has 0 saturated heterocycles. The molecule has 0 spiro atoms. The van der Waals surface area contributed by atoms with Crippen LogP contribution in [0.5, 0.6) is 0 Å². The van der Waals surface area contributed by atoms with Gasteiger partial charge in [0.25, 0.3) is 5.56 Å². The fourth-order valence-electron chi connectivity index (χ4n) is 3.02. The predicted octanol–water partition coefficient (Wildman–Crippen LogP) is 1.49. The van der Waals surface area contributed by atoms with Crippen molar-refractivity contribution >= 4 is 5.97 Å². The summed E-state index contributed by atoms with van der Waals surface area (Å²) in [6.45, 7) is 0. The number of nitrogen functional groups attached to an aromatic ring is 1. The van der Waals surface area contributed by atoms with Crippen LogP contribution in [0.2, 0.25) is 0 Å². The zero-order chi connectivity index (χ0) is 15.7. The summed E-state index contributed by atoms with van der Waals surface area (Å²) in [5, 5.41) is 8.94. The van der Waals surface area contributed by atoms with Gasteiger partial charge in [0, 0.05) is 23.9 Å². The molecule has 7 heteroatoms. The zero-order valence-corrected chi connectivity index (χ0v) is 12.1. The number of rotatable bonds is 3. The van der Waals surface area contributed by atoms with Crippen molar-refractivity contribution in [3.8, 4) is 5.69 Å². The minimum absolute atomic E-state index is 0.0591. The second-order valence-electron chi connectivity index (χ2n) is 5.65. The molecule has 22 heavy (non-hydrogen) atoms. The number of hydrogen-bond acceptors (Lipinski definition) is 4. The molecule has 1 fully saturated rings. The summed E-state index contributed by atoms with van der Waals surface area (Å²) in [6.07, 6.45) is 8.31. The number of aromatic nitrogens is 3. The van der Waals surface area contributed by atoms with Gasteiger partial charge < -0.3 is 15.5 Å². The van der Waals surface area contributed by atoms with Crippen molar-refractivity contribution in [3.05, 3.63) is 46.4 Å². The number of carboxylic acid groups (broad SMARTS) is 1. The lowest BCUT2D eigenvalue weighted by Crippen LogP contribution is -2.32. The molecule has 7 nitrogen and oxygen atoms in total. The molecule has 0 bridgehead atoms. The van der Waals surface area contributed by atoms with Crippen LogP contribution in [0.1, 0.15) is 54.2 Å². The van der Waals surface area contributed by atoms with E-state index in [9.17, 15) is 9.59 Å². The molecule has 1 aliphatic carbocycles. The van der Waals surface area contributed by atoms with Crippen LogP contribution in [0.3, 0.4) is 0 Å². The van der Waals surface area contributed by atoms with Gasteiger partial charge in [-0.2, -0.15) is 0 Å². The van der Waals surface area contributed by atoms with Crippen LogP contribution in [0.15, 0.2) is 29.5 Å². The van der Waals surface area contributed by atoms with E-state index in [1.54, 1.807) is 0 Å². The van der Waals surface area contributed by atoms with Crippen molar-refractivity contribution in [2.45, 2.75) is 38.0 Å². The average Bonchev–Trinajstić information content (AvgIpc) is 3.01. The molecule has 2 aromatic rings. The Morgan fingerprint density at radius 1 is 1.27 bits per heavy atom. The number of nitrogens with zero attached hydrogens (tertiary/aromatic N) is 3. The summed E-state index contributed by atoms with van der Waals surface area (Å²) in [5.74, 6) is 5.07. The van der Waals surface area contributed by atoms with E-state index in [0.717, 1.165) is 31.4 Å². The van der Waals surface area contributed by atoms with Crippen molar-refractivity contribution in [1.82, 2.24) is 14.2 Å². The number of imidazole rings is 1. The van der Waals surface area contributed by atoms with Gasteiger partial charge in [0.15, 0.2) is 5.69 Å². The van der Waals surface area contributed by atoms with Crippen LogP contribution in [0.4, 0.5) is 0 Å². The van der Waals surface area contributed by atoms with Gasteiger partial charge in [0.2, 0.25) is 0 Å². The number of hydrogen-bond donors (Lipinski definition) is 2. The van der Waals surface area contributed by atoms with E-state index >= 15 is 0 Å². The van der Waals surface area contributed by atoms with Gasteiger partial charge in [0.05, 0.1) is 5.69 Å². The van der Waals surface area contributed by atoms with Crippen molar-refractivity contribution < 1.29 is 9.90 Å². The summed E-state index contributed by atoms with van der Waals surface area (Å²) in [5.41, 5.74) is 1.03. The van der Waals surface area contributed by atoms with Crippen LogP contribution in [0, 0.1) is 0 Å². The Morgan fingerprint density at radius 3 is 2.64 bits per heavy atom. The molecule has 1 saturated carbocycles. The predicted molar refractivity (Wildman–Crippen MR) is 80.8 cm³/mol. The molecule has 0 atom stereocenters. The number of carboxylic acids is 1. The Hall–Kier alpha value is -2.57. The van der Waals surface area contributed by atoms with Crippen LogP contribution in [-0.4, -0.2) is 25.3 Å². The molecule has 2 aromatic heterocycles. The molecule has 116 valence electrons. The molecule has 0 radical (unpaired) electrons. The average molecular weight is 302 g/mol. The lowest BCUT2D eigenvalue weighted by molar-refractivity contribution is 0.0691. The fourth-order valence-corrected chi connectivity index (χ4v) is 3.02. The summed E-state index contributed by atoms with van der Waals surface area (Å²) in [7, 11) is 0. The standard InChI is InChI=1S/C15H18N4O3/c16-19-13(10-4-2-1-3-5-10)6-11(7-14(19)20)18-8-12(15(21)22)17-9-18/h6-10H,1-5,16H2,(H,21,22). The largest absolute Gasteiger partial charge is 0.476 e. The van der Waals surface area contributed by atoms with Crippen LogP contribution >= 0.6 is 0 Å². The Morgan fingerprint density at radius 2 is 2.00 bits per heavy atom. The number of carbonyl (C=O) groups is 1. The maximum absolute atomic E-state index is 12.1. The lowest BCUT2D eigenvalue weighted by atomic mass is 9.86. The van der Waals surface area contributed by atoms with Gasteiger partial charge in [-0.1, -0.05) is 19.3 Å². The fraction of sp³-hybridized carbons (Fsp3) is 0.400. The first kappa shape index (κ1) is 14.4. The Bertz CT molecular complexity index is 756. The third kappa shape index (κ3) is 2.61. The number of nitrogens with two attached hydrogens (primary N) is 1. The van der Waals surface area contributed by atoms with E-state index in [0.29, 0.717) is 5.69 Å². The van der Waals surface area contributed by atoms with Crippen LogP contribution in [0.25, 0.3) is 5.69 Å². The molecule has 0 unspecified atom stereocenters. The quantitative estimate of drug-likeness (QED) is 0.836. The number of aromatic carboxylic acids is 1. The molecule has 2 heterocycles. The van der Waals surface area contributed by atoms with E-state index in [2.05, 4.69) is 4.98 Å². The van der Waals surface area contributed by atoms with Crippen LogP contribution < -0.4 is 11.4 Å². The number of pyridine rings is 1. The van der Waals surface area contributed by atoms with Crippen molar-refractivity contribution in [2.75, 3.05) is 5.84 Å². The molecule has 3 rings (SSSR count). The first-order chi connectivity index (χ1) is 10.6. The molecular formula is C15H18N4O3. The monoisotopic (exact) mass is 302 g/mol. The molecule has 0 amide bonds. The highest BCUT2D eigenvalue weighted by atomic mass is 16.4. The molecule has 0 aliphatic heterocycles. The highest BCUT2D eigenvalue weighted by Crippen LogP contribution is 2.32. The second kappa shape index (κ2) is 5.67. The van der Waals surface area contributed by atoms with E-state index < -0.39 is 5.97 Å². The van der Waals surface area contributed by atoms with Crippen molar-refractivity contribution in [1.29, 1.82) is 0 Å². The zero-order valence-electron chi connectivity index (χ0n) is 12.1. The smallest absolute Gasteiger partial charge is 0.356 e. The normalized spacial score (nSPS) is 15.8.